The van der Waals surface area contributed by atoms with E-state index in [0.717, 1.165) is 18.7 Å². The Kier molecular flexibility index (Phi) is 6.56. The zero-order valence-corrected chi connectivity index (χ0v) is 17.4. The van der Waals surface area contributed by atoms with Crippen LogP contribution in [-0.2, 0) is 4.79 Å². The largest absolute Gasteiger partial charge is 0.327 e. The maximum Gasteiger partial charge on any atom is 0.264 e. The summed E-state index contributed by atoms with van der Waals surface area (Å²) in [5, 5.41) is 9.55. The molecule has 0 unspecified atom stereocenters. The number of hydrogen-bond acceptors (Lipinski definition) is 2. The molecule has 0 radical (unpaired) electrons. The molecule has 1 heterocycles. The van der Waals surface area contributed by atoms with Gasteiger partial charge in [0.2, 0.25) is 0 Å². The number of nitriles is 1. The Hall–Kier alpha value is -3.68. The van der Waals surface area contributed by atoms with Crippen LogP contribution in [0.2, 0.25) is 0 Å². The number of amides is 1. The van der Waals surface area contributed by atoms with Gasteiger partial charge in [0, 0.05) is 11.1 Å². The minimum absolute atomic E-state index is 0.179. The monoisotopic (exact) mass is 408 g/mol. The number of benzene rings is 3. The second-order valence-corrected chi connectivity index (χ2v) is 7.79. The third kappa shape index (κ3) is 4.91. The minimum atomic E-state index is -0.179. The van der Waals surface area contributed by atoms with E-state index in [1.54, 1.807) is 6.08 Å². The lowest BCUT2D eigenvalue weighted by atomic mass is 9.96. The van der Waals surface area contributed by atoms with Crippen molar-refractivity contribution < 1.29 is 9.69 Å². The third-order valence-electron chi connectivity index (χ3n) is 5.83. The van der Waals surface area contributed by atoms with E-state index in [2.05, 4.69) is 54.6 Å². The van der Waals surface area contributed by atoms with E-state index in [1.165, 1.54) is 16.0 Å². The molecule has 1 aliphatic heterocycles. The topological polar surface area (TPSA) is 48.5 Å². The lowest BCUT2D eigenvalue weighted by molar-refractivity contribution is -0.929. The molecule has 1 aliphatic rings. The summed E-state index contributed by atoms with van der Waals surface area (Å²) in [6.45, 7) is 2.95. The molecule has 31 heavy (non-hydrogen) atoms. The molecule has 3 aromatic carbocycles. The average Bonchev–Trinajstić information content (AvgIpc) is 2.85. The predicted molar refractivity (Wildman–Crippen MR) is 122 cm³/mol. The molecule has 1 N–H and O–H groups in total. The van der Waals surface area contributed by atoms with Crippen LogP contribution in [0.4, 0.5) is 0 Å². The first-order chi connectivity index (χ1) is 15.3. The maximum absolute atomic E-state index is 13.0. The molecular formula is C27H26N3O+. The van der Waals surface area contributed by atoms with Crippen LogP contribution in [0, 0.1) is 11.3 Å². The molecule has 0 aliphatic carbocycles. The maximum atomic E-state index is 13.0. The van der Waals surface area contributed by atoms with Crippen molar-refractivity contribution >= 4 is 12.0 Å². The summed E-state index contributed by atoms with van der Waals surface area (Å²) in [6, 6.07) is 33.0. The van der Waals surface area contributed by atoms with Gasteiger partial charge in [-0.15, -0.1) is 0 Å². The third-order valence-corrected chi connectivity index (χ3v) is 5.83. The van der Waals surface area contributed by atoms with Gasteiger partial charge in [-0.3, -0.25) is 4.79 Å². The van der Waals surface area contributed by atoms with Crippen LogP contribution in [0.15, 0.2) is 96.6 Å². The van der Waals surface area contributed by atoms with Crippen LogP contribution in [-0.4, -0.2) is 37.0 Å². The molecule has 0 atom stereocenters. The van der Waals surface area contributed by atoms with Crippen molar-refractivity contribution in [2.24, 2.45) is 0 Å². The van der Waals surface area contributed by atoms with Crippen molar-refractivity contribution in [3.05, 3.63) is 113 Å². The Morgan fingerprint density at radius 3 is 1.81 bits per heavy atom. The molecule has 0 aromatic heterocycles. The Labute approximate surface area is 183 Å². The van der Waals surface area contributed by atoms with Crippen molar-refractivity contribution in [2.75, 3.05) is 26.2 Å². The van der Waals surface area contributed by atoms with E-state index in [9.17, 15) is 10.1 Å². The fourth-order valence-corrected chi connectivity index (χ4v) is 4.27. The molecule has 3 aromatic rings. The van der Waals surface area contributed by atoms with Crippen LogP contribution >= 0.6 is 0 Å². The molecule has 4 nitrogen and oxygen atoms in total. The van der Waals surface area contributed by atoms with Crippen LogP contribution in [0.1, 0.15) is 22.7 Å². The highest BCUT2D eigenvalue weighted by atomic mass is 16.2. The van der Waals surface area contributed by atoms with E-state index in [1.807, 2.05) is 47.4 Å². The number of rotatable bonds is 5. The van der Waals surface area contributed by atoms with Gasteiger partial charge in [-0.2, -0.15) is 5.26 Å². The molecular weight excluding hydrogens is 382 g/mol. The van der Waals surface area contributed by atoms with E-state index in [-0.39, 0.29) is 17.5 Å². The van der Waals surface area contributed by atoms with Gasteiger partial charge in [-0.05, 0) is 11.6 Å². The van der Waals surface area contributed by atoms with Crippen LogP contribution in [0.5, 0.6) is 0 Å². The summed E-state index contributed by atoms with van der Waals surface area (Å²) in [5.41, 5.74) is 3.62. The molecule has 0 bridgehead atoms. The van der Waals surface area contributed by atoms with Gasteiger partial charge in [0.25, 0.3) is 5.91 Å². The standard InChI is InChI=1S/C27H25N3O/c28-21-25(20-22-10-4-1-5-11-22)27(31)30-18-16-29(17-19-30)26(23-12-6-2-7-13-23)24-14-8-3-9-15-24/h1-15,20,26H,16-19H2/p+1/b25-20+. The van der Waals surface area contributed by atoms with Gasteiger partial charge in [0.15, 0.2) is 0 Å². The first-order valence-electron chi connectivity index (χ1n) is 10.7. The Morgan fingerprint density at radius 2 is 1.32 bits per heavy atom. The van der Waals surface area contributed by atoms with E-state index in [4.69, 9.17) is 0 Å². The van der Waals surface area contributed by atoms with Gasteiger partial charge in [-0.1, -0.05) is 91.0 Å². The molecule has 0 spiro atoms. The van der Waals surface area contributed by atoms with Crippen LogP contribution in [0.3, 0.4) is 0 Å². The summed E-state index contributed by atoms with van der Waals surface area (Å²) in [5.74, 6) is -0.179. The summed E-state index contributed by atoms with van der Waals surface area (Å²) in [4.78, 5) is 16.2. The number of carbonyl (C=O) groups is 1. The summed E-state index contributed by atoms with van der Waals surface area (Å²) < 4.78 is 0. The number of nitrogens with one attached hydrogen (secondary N) is 1. The quantitative estimate of drug-likeness (QED) is 0.521. The molecule has 0 saturated carbocycles. The summed E-state index contributed by atoms with van der Waals surface area (Å²) in [7, 11) is 0. The van der Waals surface area contributed by atoms with Gasteiger partial charge in [0.1, 0.15) is 17.7 Å². The van der Waals surface area contributed by atoms with E-state index >= 15 is 0 Å². The lowest BCUT2D eigenvalue weighted by Crippen LogP contribution is -3.15. The Balaban J connectivity index is 1.49. The zero-order valence-electron chi connectivity index (χ0n) is 17.4. The summed E-state index contributed by atoms with van der Waals surface area (Å²) >= 11 is 0. The molecule has 154 valence electrons. The number of hydrogen-bond donors (Lipinski definition) is 1. The fraction of sp³-hybridized carbons (Fsp3) is 0.185. The molecule has 4 heteroatoms. The Morgan fingerprint density at radius 1 is 0.839 bits per heavy atom. The fourth-order valence-electron chi connectivity index (χ4n) is 4.27. The molecule has 1 fully saturated rings. The highest BCUT2D eigenvalue weighted by Crippen LogP contribution is 2.19. The van der Waals surface area contributed by atoms with Gasteiger partial charge >= 0.3 is 0 Å². The predicted octanol–water partition coefficient (Wildman–Crippen LogP) is 3.11. The minimum Gasteiger partial charge on any atom is -0.327 e. The van der Waals surface area contributed by atoms with E-state index < -0.39 is 0 Å². The highest BCUT2D eigenvalue weighted by Gasteiger charge is 2.32. The van der Waals surface area contributed by atoms with Crippen molar-refractivity contribution in [2.45, 2.75) is 6.04 Å². The first-order valence-corrected chi connectivity index (χ1v) is 10.7. The first kappa shape index (κ1) is 20.6. The molecule has 1 saturated heterocycles. The van der Waals surface area contributed by atoms with Gasteiger partial charge < -0.3 is 9.80 Å². The van der Waals surface area contributed by atoms with Crippen molar-refractivity contribution in [3.63, 3.8) is 0 Å². The summed E-state index contributed by atoms with van der Waals surface area (Å²) in [6.07, 6.45) is 1.68. The second kappa shape index (κ2) is 9.88. The number of nitrogens with zero attached hydrogens (tertiary/aromatic N) is 2. The number of quaternary nitrogens is 1. The van der Waals surface area contributed by atoms with Crippen molar-refractivity contribution in [1.29, 1.82) is 5.26 Å². The normalized spacial score (nSPS) is 15.0. The zero-order chi connectivity index (χ0) is 21.5. The van der Waals surface area contributed by atoms with Crippen LogP contribution < -0.4 is 4.90 Å². The molecule has 1 amide bonds. The van der Waals surface area contributed by atoms with Gasteiger partial charge in [0.05, 0.1) is 26.2 Å². The Bertz CT molecular complexity index is 1020. The average molecular weight is 409 g/mol. The van der Waals surface area contributed by atoms with Crippen molar-refractivity contribution in [3.8, 4) is 6.07 Å². The van der Waals surface area contributed by atoms with E-state index in [0.29, 0.717) is 13.1 Å². The highest BCUT2D eigenvalue weighted by molar-refractivity contribution is 6.01. The lowest BCUT2D eigenvalue weighted by Gasteiger charge is -2.37. The van der Waals surface area contributed by atoms with Crippen molar-refractivity contribution in [1.82, 2.24) is 4.90 Å². The number of piperazine rings is 1. The second-order valence-electron chi connectivity index (χ2n) is 7.79. The van der Waals surface area contributed by atoms with Gasteiger partial charge in [-0.25, -0.2) is 0 Å². The molecule has 4 rings (SSSR count). The number of carbonyl (C=O) groups excluding carboxylic acids is 1. The SMILES string of the molecule is N#C/C(=C\c1ccccc1)C(=O)N1CC[NH+](C(c2ccccc2)c2ccccc2)CC1. The van der Waals surface area contributed by atoms with Crippen LogP contribution in [0.25, 0.3) is 6.08 Å². The smallest absolute Gasteiger partial charge is 0.264 e.